The average Bonchev–Trinajstić information content (AvgIpc) is 2.79. The quantitative estimate of drug-likeness (QED) is 0.478. The van der Waals surface area contributed by atoms with Crippen LogP contribution in [0.2, 0.25) is 0 Å². The van der Waals surface area contributed by atoms with Crippen molar-refractivity contribution in [1.82, 2.24) is 15.3 Å². The van der Waals surface area contributed by atoms with Gasteiger partial charge >= 0.3 is 6.18 Å². The van der Waals surface area contributed by atoms with Crippen LogP contribution in [0.25, 0.3) is 11.1 Å². The molecule has 0 bridgehead atoms. The molecule has 0 spiro atoms. The van der Waals surface area contributed by atoms with Crippen LogP contribution >= 0.6 is 0 Å². The van der Waals surface area contributed by atoms with Crippen LogP contribution in [0, 0.1) is 18.6 Å². The number of hydrogen-bond donors (Lipinski definition) is 2. The number of carbonyl (C=O) groups is 1. The summed E-state index contributed by atoms with van der Waals surface area (Å²) >= 11 is 0. The second-order valence-corrected chi connectivity index (χ2v) is 8.88. The van der Waals surface area contributed by atoms with Gasteiger partial charge in [-0.15, -0.1) is 0 Å². The number of nitrogens with one attached hydrogen (secondary N) is 2. The van der Waals surface area contributed by atoms with Crippen molar-refractivity contribution < 1.29 is 26.7 Å². The zero-order valence-corrected chi connectivity index (χ0v) is 19.8. The van der Waals surface area contributed by atoms with E-state index in [1.54, 1.807) is 6.92 Å². The first-order chi connectivity index (χ1) is 16.9. The van der Waals surface area contributed by atoms with Crippen LogP contribution in [0.1, 0.15) is 35.6 Å². The number of benzene rings is 2. The molecule has 4 rings (SSSR count). The maximum atomic E-state index is 15.3. The van der Waals surface area contributed by atoms with E-state index >= 15 is 4.39 Å². The largest absolute Gasteiger partial charge is 0.417 e. The third-order valence-electron chi connectivity index (χ3n) is 5.86. The summed E-state index contributed by atoms with van der Waals surface area (Å²) < 4.78 is 69.4. The molecule has 6 nitrogen and oxygen atoms in total. The second kappa shape index (κ2) is 9.81. The Hall–Kier alpha value is -3.60. The Kier molecular flexibility index (Phi) is 6.94. The van der Waals surface area contributed by atoms with Gasteiger partial charge in [-0.1, -0.05) is 0 Å². The normalized spacial score (nSPS) is 18.3. The van der Waals surface area contributed by atoms with Gasteiger partial charge in [-0.3, -0.25) is 4.79 Å². The molecule has 0 unspecified atom stereocenters. The monoisotopic (exact) mass is 505 g/mol. The van der Waals surface area contributed by atoms with Gasteiger partial charge in [-0.2, -0.15) is 13.2 Å². The lowest BCUT2D eigenvalue weighted by atomic mass is 10.0. The Bertz CT molecular complexity index is 1270. The van der Waals surface area contributed by atoms with Gasteiger partial charge in [0.15, 0.2) is 0 Å². The molecular formula is C25H24F5N5O. The fourth-order valence-electron chi connectivity index (χ4n) is 4.34. The van der Waals surface area contributed by atoms with E-state index in [4.69, 9.17) is 0 Å². The van der Waals surface area contributed by atoms with E-state index < -0.39 is 34.8 Å². The molecule has 1 fully saturated rings. The molecule has 11 heteroatoms. The molecule has 2 heterocycles. The maximum Gasteiger partial charge on any atom is 0.417 e. The summed E-state index contributed by atoms with van der Waals surface area (Å²) in [5.41, 5.74) is -1.33. The Morgan fingerprint density at radius 3 is 2.31 bits per heavy atom. The summed E-state index contributed by atoms with van der Waals surface area (Å²) in [5.74, 6) is -2.35. The summed E-state index contributed by atoms with van der Waals surface area (Å²) in [6.45, 7) is 6.52. The molecule has 2 aromatic carbocycles. The third-order valence-corrected chi connectivity index (χ3v) is 5.86. The number of aryl methyl sites for hydroxylation is 1. The number of piperazine rings is 1. The SMILES string of the molecule is Cc1ncc(-c2cc(NC(=O)c3ccc(F)cc3C(F)(F)F)c(N3C[C@@H](C)N[C@@H](C)C3)cc2F)cn1. The molecule has 1 aliphatic heterocycles. The number of carbonyl (C=O) groups excluding carboxylic acids is 1. The van der Waals surface area contributed by atoms with Gasteiger partial charge < -0.3 is 15.5 Å². The van der Waals surface area contributed by atoms with E-state index in [-0.39, 0.29) is 29.4 Å². The minimum absolute atomic E-state index is 0.0412. The summed E-state index contributed by atoms with van der Waals surface area (Å²) in [6, 6.07) is 4.51. The molecule has 0 saturated carbocycles. The molecule has 3 aromatic rings. The van der Waals surface area contributed by atoms with Crippen molar-refractivity contribution in [2.75, 3.05) is 23.3 Å². The molecular weight excluding hydrogens is 481 g/mol. The van der Waals surface area contributed by atoms with Crippen molar-refractivity contribution in [1.29, 1.82) is 0 Å². The van der Waals surface area contributed by atoms with Gasteiger partial charge in [-0.05, 0) is 51.1 Å². The lowest BCUT2D eigenvalue weighted by Gasteiger charge is -2.38. The van der Waals surface area contributed by atoms with Crippen molar-refractivity contribution in [2.45, 2.75) is 39.0 Å². The van der Waals surface area contributed by atoms with Crippen LogP contribution in [0.15, 0.2) is 42.7 Å². The van der Waals surface area contributed by atoms with Gasteiger partial charge in [0.1, 0.15) is 17.5 Å². The minimum atomic E-state index is -4.95. The number of amides is 1. The smallest absolute Gasteiger partial charge is 0.367 e. The fraction of sp³-hybridized carbons (Fsp3) is 0.320. The van der Waals surface area contributed by atoms with Crippen molar-refractivity contribution in [2.24, 2.45) is 0 Å². The number of halogens is 5. The van der Waals surface area contributed by atoms with Crippen LogP contribution in [-0.4, -0.2) is 41.0 Å². The zero-order chi connectivity index (χ0) is 26.2. The Morgan fingerprint density at radius 1 is 1.06 bits per heavy atom. The van der Waals surface area contributed by atoms with E-state index in [0.29, 0.717) is 30.2 Å². The number of nitrogens with zero attached hydrogens (tertiary/aromatic N) is 3. The Morgan fingerprint density at radius 2 is 1.69 bits per heavy atom. The topological polar surface area (TPSA) is 70.2 Å². The van der Waals surface area contributed by atoms with Crippen molar-refractivity contribution in [3.05, 3.63) is 71.3 Å². The van der Waals surface area contributed by atoms with Gasteiger partial charge in [-0.25, -0.2) is 18.7 Å². The first kappa shape index (κ1) is 25.5. The van der Waals surface area contributed by atoms with Crippen LogP contribution in [0.4, 0.5) is 33.3 Å². The number of alkyl halides is 3. The minimum Gasteiger partial charge on any atom is -0.367 e. The highest BCUT2D eigenvalue weighted by Crippen LogP contribution is 2.37. The lowest BCUT2D eigenvalue weighted by Crippen LogP contribution is -2.54. The maximum absolute atomic E-state index is 15.3. The molecule has 0 radical (unpaired) electrons. The highest BCUT2D eigenvalue weighted by atomic mass is 19.4. The van der Waals surface area contributed by atoms with Gasteiger partial charge in [0.2, 0.25) is 0 Å². The molecule has 2 atom stereocenters. The highest BCUT2D eigenvalue weighted by molar-refractivity contribution is 6.07. The van der Waals surface area contributed by atoms with E-state index in [0.717, 1.165) is 12.1 Å². The summed E-state index contributed by atoms with van der Waals surface area (Å²) in [4.78, 5) is 23.0. The zero-order valence-electron chi connectivity index (χ0n) is 19.8. The van der Waals surface area contributed by atoms with Crippen LogP contribution in [0.5, 0.6) is 0 Å². The predicted octanol–water partition coefficient (Wildman–Crippen LogP) is 5.19. The number of aromatic nitrogens is 2. The van der Waals surface area contributed by atoms with Crippen LogP contribution in [-0.2, 0) is 6.18 Å². The molecule has 1 aliphatic rings. The summed E-state index contributed by atoms with van der Waals surface area (Å²) in [6.07, 6.45) is -2.11. The Balaban J connectivity index is 1.80. The van der Waals surface area contributed by atoms with E-state index in [2.05, 4.69) is 20.6 Å². The molecule has 1 aromatic heterocycles. The van der Waals surface area contributed by atoms with E-state index in [1.807, 2.05) is 18.7 Å². The fourth-order valence-corrected chi connectivity index (χ4v) is 4.34. The number of rotatable bonds is 4. The molecule has 36 heavy (non-hydrogen) atoms. The first-order valence-electron chi connectivity index (χ1n) is 11.2. The van der Waals surface area contributed by atoms with Crippen molar-refractivity contribution in [3.8, 4) is 11.1 Å². The van der Waals surface area contributed by atoms with E-state index in [1.165, 1.54) is 24.5 Å². The lowest BCUT2D eigenvalue weighted by molar-refractivity contribution is -0.138. The summed E-state index contributed by atoms with van der Waals surface area (Å²) in [5, 5.41) is 5.86. The van der Waals surface area contributed by atoms with Crippen LogP contribution in [0.3, 0.4) is 0 Å². The molecule has 2 N–H and O–H groups in total. The molecule has 1 amide bonds. The molecule has 190 valence electrons. The Labute approximate surface area is 204 Å². The molecule has 0 aliphatic carbocycles. The highest BCUT2D eigenvalue weighted by Gasteiger charge is 2.36. The first-order valence-corrected chi connectivity index (χ1v) is 11.2. The standard InChI is InChI=1S/C25H24F5N5O/c1-13-11-35(12-14(2)33-13)23-8-21(27)19(16-9-31-15(3)32-10-16)7-22(23)34-24(36)18-5-4-17(26)6-20(18)25(28,29)30/h4-10,13-14,33H,11-12H2,1-3H3,(H,34,36)/t13-,14+. The second-order valence-electron chi connectivity index (χ2n) is 8.88. The van der Waals surface area contributed by atoms with Gasteiger partial charge in [0, 0.05) is 48.7 Å². The number of anilines is 2. The molecule has 1 saturated heterocycles. The van der Waals surface area contributed by atoms with Crippen molar-refractivity contribution >= 4 is 17.3 Å². The summed E-state index contributed by atoms with van der Waals surface area (Å²) in [7, 11) is 0. The predicted molar refractivity (Wildman–Crippen MR) is 126 cm³/mol. The van der Waals surface area contributed by atoms with Gasteiger partial charge in [0.25, 0.3) is 5.91 Å². The number of hydrogen-bond acceptors (Lipinski definition) is 5. The van der Waals surface area contributed by atoms with Crippen LogP contribution < -0.4 is 15.5 Å². The van der Waals surface area contributed by atoms with Gasteiger partial charge in [0.05, 0.1) is 22.5 Å². The third kappa shape index (κ3) is 5.46. The average molecular weight is 505 g/mol. The van der Waals surface area contributed by atoms with Crippen molar-refractivity contribution in [3.63, 3.8) is 0 Å². The van der Waals surface area contributed by atoms with E-state index in [9.17, 15) is 22.4 Å².